The number of amides is 3. The molecule has 0 atom stereocenters. The van der Waals surface area contributed by atoms with Crippen LogP contribution in [0.15, 0.2) is 48.5 Å². The third-order valence-electron chi connectivity index (χ3n) is 5.44. The largest absolute Gasteiger partial charge is 0.366 e. The average Bonchev–Trinajstić information content (AvgIpc) is 3.22. The van der Waals surface area contributed by atoms with Gasteiger partial charge >= 0.3 is 0 Å². The topological polar surface area (TPSA) is 124 Å². The maximum Gasteiger partial charge on any atom is 0.275 e. The lowest BCUT2D eigenvalue weighted by Crippen LogP contribution is -2.49. The summed E-state index contributed by atoms with van der Waals surface area (Å²) in [6.45, 7) is 3.20. The van der Waals surface area contributed by atoms with Gasteiger partial charge in [-0.3, -0.25) is 24.4 Å². The molecule has 4 rings (SSSR count). The summed E-state index contributed by atoms with van der Waals surface area (Å²) in [5.41, 5.74) is 7.53. The van der Waals surface area contributed by atoms with Crippen molar-refractivity contribution in [3.8, 4) is 0 Å². The molecule has 0 spiro atoms. The van der Waals surface area contributed by atoms with Crippen LogP contribution < -0.4 is 11.1 Å². The van der Waals surface area contributed by atoms with Gasteiger partial charge in [0.15, 0.2) is 5.69 Å². The van der Waals surface area contributed by atoms with E-state index in [1.165, 1.54) is 0 Å². The number of carbonyl (C=O) groups is 3. The van der Waals surface area contributed by atoms with E-state index in [9.17, 15) is 14.4 Å². The van der Waals surface area contributed by atoms with Crippen molar-refractivity contribution in [3.63, 3.8) is 0 Å². The van der Waals surface area contributed by atoms with E-state index in [2.05, 4.69) is 20.4 Å². The summed E-state index contributed by atoms with van der Waals surface area (Å²) in [6, 6.07) is 14.1. The van der Waals surface area contributed by atoms with Crippen molar-refractivity contribution < 1.29 is 14.4 Å². The lowest BCUT2D eigenvalue weighted by molar-refractivity contribution is -0.116. The average molecular weight is 420 g/mol. The van der Waals surface area contributed by atoms with Gasteiger partial charge in [0.25, 0.3) is 5.91 Å². The number of hydrogen-bond donors (Lipinski definition) is 3. The minimum Gasteiger partial charge on any atom is -0.366 e. The molecule has 0 saturated carbocycles. The lowest BCUT2D eigenvalue weighted by atomic mass is 10.2. The second-order valence-electron chi connectivity index (χ2n) is 7.49. The van der Waals surface area contributed by atoms with Gasteiger partial charge in [-0.05, 0) is 30.3 Å². The molecule has 3 aromatic rings. The second kappa shape index (κ2) is 8.97. The first kappa shape index (κ1) is 20.5. The molecule has 0 bridgehead atoms. The molecular weight excluding hydrogens is 396 g/mol. The van der Waals surface area contributed by atoms with E-state index < -0.39 is 5.91 Å². The first-order valence-electron chi connectivity index (χ1n) is 10.2. The first-order valence-corrected chi connectivity index (χ1v) is 10.2. The number of primary amides is 1. The van der Waals surface area contributed by atoms with Gasteiger partial charge in [-0.25, -0.2) is 0 Å². The molecule has 1 aliphatic heterocycles. The van der Waals surface area contributed by atoms with Crippen LogP contribution in [0.4, 0.5) is 5.69 Å². The Hall–Kier alpha value is -3.72. The lowest BCUT2D eigenvalue weighted by Gasteiger charge is -2.34. The summed E-state index contributed by atoms with van der Waals surface area (Å²) in [4.78, 5) is 40.1. The highest BCUT2D eigenvalue weighted by Gasteiger charge is 2.25. The number of carbonyl (C=O) groups excluding carboxylic acids is 3. The van der Waals surface area contributed by atoms with Gasteiger partial charge in [-0.15, -0.1) is 0 Å². The fraction of sp³-hybridized carbons (Fsp3) is 0.273. The number of nitrogens with two attached hydrogens (primary N) is 1. The van der Waals surface area contributed by atoms with Crippen LogP contribution in [0.25, 0.3) is 10.9 Å². The van der Waals surface area contributed by atoms with E-state index in [-0.39, 0.29) is 11.8 Å². The number of H-pyrrole nitrogens is 1. The quantitative estimate of drug-likeness (QED) is 0.557. The highest BCUT2D eigenvalue weighted by Crippen LogP contribution is 2.18. The summed E-state index contributed by atoms with van der Waals surface area (Å²) >= 11 is 0. The van der Waals surface area contributed by atoms with E-state index in [0.717, 1.165) is 10.9 Å². The third-order valence-corrected chi connectivity index (χ3v) is 5.44. The number of rotatable bonds is 6. The smallest absolute Gasteiger partial charge is 0.275 e. The molecule has 0 unspecified atom stereocenters. The minimum atomic E-state index is -0.504. The number of aromatic nitrogens is 2. The number of anilines is 1. The Morgan fingerprint density at radius 2 is 1.71 bits per heavy atom. The molecule has 9 heteroatoms. The Kier molecular flexibility index (Phi) is 5.94. The molecular formula is C22H24N6O3. The number of aromatic amines is 1. The maximum absolute atomic E-state index is 12.8. The number of piperazine rings is 1. The third kappa shape index (κ3) is 4.72. The number of nitrogens with zero attached hydrogens (tertiary/aromatic N) is 3. The molecule has 0 radical (unpaired) electrons. The van der Waals surface area contributed by atoms with Crippen LogP contribution in [0, 0.1) is 0 Å². The molecule has 1 aliphatic rings. The maximum atomic E-state index is 12.8. The van der Waals surface area contributed by atoms with Gasteiger partial charge in [0, 0.05) is 55.8 Å². The fourth-order valence-corrected chi connectivity index (χ4v) is 3.65. The van der Waals surface area contributed by atoms with Gasteiger partial charge in [-0.1, -0.05) is 18.2 Å². The van der Waals surface area contributed by atoms with Crippen molar-refractivity contribution in [2.75, 3.05) is 38.0 Å². The van der Waals surface area contributed by atoms with Gasteiger partial charge in [0.1, 0.15) is 0 Å². The Labute approximate surface area is 179 Å². The zero-order valence-electron chi connectivity index (χ0n) is 17.0. The van der Waals surface area contributed by atoms with Crippen LogP contribution in [-0.2, 0) is 4.79 Å². The van der Waals surface area contributed by atoms with Gasteiger partial charge in [-0.2, -0.15) is 5.10 Å². The molecule has 0 aliphatic carbocycles. The molecule has 9 nitrogen and oxygen atoms in total. The van der Waals surface area contributed by atoms with Crippen LogP contribution in [0.5, 0.6) is 0 Å². The number of benzene rings is 2. The van der Waals surface area contributed by atoms with E-state index in [0.29, 0.717) is 56.1 Å². The highest BCUT2D eigenvalue weighted by molar-refractivity contribution is 6.04. The van der Waals surface area contributed by atoms with E-state index >= 15 is 0 Å². The Morgan fingerprint density at radius 1 is 1.00 bits per heavy atom. The van der Waals surface area contributed by atoms with Crippen LogP contribution in [-0.4, -0.2) is 70.4 Å². The zero-order chi connectivity index (χ0) is 21.8. The van der Waals surface area contributed by atoms with Crippen molar-refractivity contribution >= 4 is 34.3 Å². The first-order chi connectivity index (χ1) is 15.0. The fourth-order valence-electron chi connectivity index (χ4n) is 3.65. The second-order valence-corrected chi connectivity index (χ2v) is 7.49. The van der Waals surface area contributed by atoms with E-state index in [1.54, 1.807) is 29.2 Å². The summed E-state index contributed by atoms with van der Waals surface area (Å²) in [5, 5.41) is 10.7. The normalized spacial score (nSPS) is 14.5. The van der Waals surface area contributed by atoms with Crippen molar-refractivity contribution in [2.45, 2.75) is 6.42 Å². The molecule has 3 amide bonds. The number of nitrogens with one attached hydrogen (secondary N) is 2. The number of para-hydroxylation sites is 1. The van der Waals surface area contributed by atoms with Crippen LogP contribution in [0.2, 0.25) is 0 Å². The molecule has 1 fully saturated rings. The Bertz CT molecular complexity index is 1100. The van der Waals surface area contributed by atoms with Crippen molar-refractivity contribution in [2.24, 2.45) is 5.73 Å². The summed E-state index contributed by atoms with van der Waals surface area (Å²) in [7, 11) is 0. The van der Waals surface area contributed by atoms with Crippen LogP contribution >= 0.6 is 0 Å². The minimum absolute atomic E-state index is 0.0748. The summed E-state index contributed by atoms with van der Waals surface area (Å²) in [5.74, 6) is -0.682. The molecule has 2 heterocycles. The van der Waals surface area contributed by atoms with Crippen LogP contribution in [0.3, 0.4) is 0 Å². The molecule has 1 saturated heterocycles. The van der Waals surface area contributed by atoms with E-state index in [1.807, 2.05) is 24.3 Å². The molecule has 1 aromatic heterocycles. The van der Waals surface area contributed by atoms with Crippen LogP contribution in [0.1, 0.15) is 27.3 Å². The SMILES string of the molecule is NC(=O)c1ccc(NC(=O)CCN2CCN(C(=O)c3n[nH]c4ccccc34)CC2)cc1. The molecule has 2 aromatic carbocycles. The van der Waals surface area contributed by atoms with Crippen molar-refractivity contribution in [1.82, 2.24) is 20.0 Å². The summed E-state index contributed by atoms with van der Waals surface area (Å²) < 4.78 is 0. The highest BCUT2D eigenvalue weighted by atomic mass is 16.2. The summed E-state index contributed by atoms with van der Waals surface area (Å²) in [6.07, 6.45) is 0.343. The standard InChI is InChI=1S/C22H24N6O3/c23-21(30)15-5-7-16(8-6-15)24-19(29)9-10-27-11-13-28(14-12-27)22(31)20-17-3-1-2-4-18(17)25-26-20/h1-8H,9-14H2,(H2,23,30)(H,24,29)(H,25,26). The zero-order valence-corrected chi connectivity index (χ0v) is 17.0. The number of hydrogen-bond acceptors (Lipinski definition) is 5. The van der Waals surface area contributed by atoms with Crippen molar-refractivity contribution in [1.29, 1.82) is 0 Å². The van der Waals surface area contributed by atoms with Crippen molar-refractivity contribution in [3.05, 3.63) is 59.8 Å². The Morgan fingerprint density at radius 3 is 2.42 bits per heavy atom. The van der Waals surface area contributed by atoms with Gasteiger partial charge in [0.2, 0.25) is 11.8 Å². The molecule has 160 valence electrons. The van der Waals surface area contributed by atoms with Gasteiger partial charge in [0.05, 0.1) is 5.52 Å². The number of fused-ring (bicyclic) bond motifs is 1. The monoisotopic (exact) mass is 420 g/mol. The van der Waals surface area contributed by atoms with Gasteiger partial charge < -0.3 is 16.0 Å². The van der Waals surface area contributed by atoms with E-state index in [4.69, 9.17) is 5.73 Å². The molecule has 31 heavy (non-hydrogen) atoms. The molecule has 4 N–H and O–H groups in total. The predicted octanol–water partition coefficient (Wildman–Crippen LogP) is 1.45. The Balaban J connectivity index is 1.24. The predicted molar refractivity (Wildman–Crippen MR) is 117 cm³/mol.